The van der Waals surface area contributed by atoms with Crippen molar-refractivity contribution in [3.63, 3.8) is 0 Å². The third-order valence-corrected chi connectivity index (χ3v) is 7.85. The first-order valence-corrected chi connectivity index (χ1v) is 14.9. The molecule has 0 saturated carbocycles. The van der Waals surface area contributed by atoms with E-state index in [1.54, 1.807) is 12.1 Å². The van der Waals surface area contributed by atoms with Gasteiger partial charge in [-0.3, -0.25) is 0 Å². The van der Waals surface area contributed by atoms with E-state index in [0.717, 1.165) is 37.1 Å². The molecule has 0 aliphatic carbocycles. The predicted molar refractivity (Wildman–Crippen MR) is 168 cm³/mol. The lowest BCUT2D eigenvalue weighted by molar-refractivity contribution is -0.145. The standard InChI is InChI=1S/C35H38N4O5/c1-23-30(34(41)44-28-17-19-36-20-18-28)31(32(33(40)43-2)29(38-23)21-24-9-5-3-6-10-24)26-13-15-27(16-14-26)39-35(42)37-22-25-11-7-4-8-12-25/h3-16,28,31,36,38H,17-22H2,1-2H3,(H2,37,39,42). The molecule has 2 heterocycles. The van der Waals surface area contributed by atoms with Crippen molar-refractivity contribution in [2.75, 3.05) is 25.5 Å². The van der Waals surface area contributed by atoms with Gasteiger partial charge in [-0.2, -0.15) is 0 Å². The van der Waals surface area contributed by atoms with Gasteiger partial charge in [-0.05, 0) is 61.7 Å². The highest BCUT2D eigenvalue weighted by molar-refractivity contribution is 6.00. The van der Waals surface area contributed by atoms with Crippen molar-refractivity contribution in [1.29, 1.82) is 0 Å². The van der Waals surface area contributed by atoms with E-state index in [1.807, 2.05) is 79.7 Å². The maximum absolute atomic E-state index is 13.8. The molecule has 0 radical (unpaired) electrons. The topological polar surface area (TPSA) is 118 Å². The Morgan fingerprint density at radius 2 is 1.45 bits per heavy atom. The van der Waals surface area contributed by atoms with Crippen LogP contribution >= 0.6 is 0 Å². The quantitative estimate of drug-likeness (QED) is 0.260. The molecule has 1 fully saturated rings. The molecule has 1 unspecified atom stereocenters. The number of urea groups is 1. The number of dihydropyridines is 1. The van der Waals surface area contributed by atoms with Gasteiger partial charge in [0, 0.05) is 30.0 Å². The summed E-state index contributed by atoms with van der Waals surface area (Å²) < 4.78 is 11.3. The van der Waals surface area contributed by atoms with Gasteiger partial charge < -0.3 is 30.7 Å². The highest BCUT2D eigenvalue weighted by atomic mass is 16.5. The average Bonchev–Trinajstić information content (AvgIpc) is 3.05. The van der Waals surface area contributed by atoms with Crippen molar-refractivity contribution in [3.8, 4) is 0 Å². The Bertz CT molecular complexity index is 1530. The third kappa shape index (κ3) is 7.54. The first-order valence-electron chi connectivity index (χ1n) is 14.9. The summed E-state index contributed by atoms with van der Waals surface area (Å²) in [6.07, 6.45) is 1.68. The second-order valence-corrected chi connectivity index (χ2v) is 10.9. The monoisotopic (exact) mass is 594 g/mol. The minimum atomic E-state index is -0.738. The van der Waals surface area contributed by atoms with Crippen molar-refractivity contribution >= 4 is 23.7 Å². The zero-order valence-corrected chi connectivity index (χ0v) is 25.0. The number of piperidine rings is 1. The first-order chi connectivity index (χ1) is 21.4. The summed E-state index contributed by atoms with van der Waals surface area (Å²) in [6.45, 7) is 3.78. The molecule has 4 N–H and O–H groups in total. The number of allylic oxidation sites excluding steroid dienone is 2. The third-order valence-electron chi connectivity index (χ3n) is 7.85. The van der Waals surface area contributed by atoms with Gasteiger partial charge in [0.15, 0.2) is 0 Å². The maximum Gasteiger partial charge on any atom is 0.337 e. The Kier molecular flexibility index (Phi) is 10.1. The summed E-state index contributed by atoms with van der Waals surface area (Å²) in [6, 6.07) is 26.3. The van der Waals surface area contributed by atoms with E-state index in [1.165, 1.54) is 7.11 Å². The minimum absolute atomic E-state index is 0.207. The number of benzene rings is 3. The van der Waals surface area contributed by atoms with E-state index >= 15 is 0 Å². The predicted octanol–water partition coefficient (Wildman–Crippen LogP) is 4.93. The number of hydrogen-bond acceptors (Lipinski definition) is 7. The Morgan fingerprint density at radius 1 is 0.818 bits per heavy atom. The molecular weight excluding hydrogens is 556 g/mol. The van der Waals surface area contributed by atoms with Crippen LogP contribution in [0.25, 0.3) is 0 Å². The number of amides is 2. The van der Waals surface area contributed by atoms with Crippen LogP contribution in [0.5, 0.6) is 0 Å². The van der Waals surface area contributed by atoms with Crippen molar-refractivity contribution < 1.29 is 23.9 Å². The summed E-state index contributed by atoms with van der Waals surface area (Å²) in [5, 5.41) is 12.3. The average molecular weight is 595 g/mol. The highest BCUT2D eigenvalue weighted by Crippen LogP contribution is 2.40. The van der Waals surface area contributed by atoms with E-state index in [4.69, 9.17) is 9.47 Å². The summed E-state index contributed by atoms with van der Waals surface area (Å²) in [5.74, 6) is -1.73. The van der Waals surface area contributed by atoms with E-state index < -0.39 is 17.9 Å². The second kappa shape index (κ2) is 14.5. The molecule has 0 aromatic heterocycles. The molecule has 0 spiro atoms. The Balaban J connectivity index is 1.45. The highest BCUT2D eigenvalue weighted by Gasteiger charge is 2.39. The number of ether oxygens (including phenoxy) is 2. The van der Waals surface area contributed by atoms with Crippen LogP contribution < -0.4 is 21.3 Å². The molecule has 1 atom stereocenters. The molecule has 2 amide bonds. The van der Waals surface area contributed by atoms with Crippen LogP contribution in [0.1, 0.15) is 42.4 Å². The number of esters is 2. The maximum atomic E-state index is 13.8. The van der Waals surface area contributed by atoms with Crippen LogP contribution in [0.2, 0.25) is 0 Å². The Morgan fingerprint density at radius 3 is 2.09 bits per heavy atom. The van der Waals surface area contributed by atoms with E-state index in [9.17, 15) is 14.4 Å². The smallest absolute Gasteiger partial charge is 0.337 e. The molecule has 9 nitrogen and oxygen atoms in total. The second-order valence-electron chi connectivity index (χ2n) is 10.9. The largest absolute Gasteiger partial charge is 0.466 e. The fourth-order valence-electron chi connectivity index (χ4n) is 5.63. The number of rotatable bonds is 9. The number of carbonyl (C=O) groups excluding carboxylic acids is 3. The Labute approximate surface area is 257 Å². The molecule has 9 heteroatoms. The van der Waals surface area contributed by atoms with Crippen LogP contribution in [0.3, 0.4) is 0 Å². The summed E-state index contributed by atoms with van der Waals surface area (Å²) >= 11 is 0. The van der Waals surface area contributed by atoms with Crippen molar-refractivity contribution in [3.05, 3.63) is 124 Å². The van der Waals surface area contributed by atoms with Crippen molar-refractivity contribution in [1.82, 2.24) is 16.0 Å². The van der Waals surface area contributed by atoms with Gasteiger partial charge in [0.1, 0.15) is 6.10 Å². The lowest BCUT2D eigenvalue weighted by Crippen LogP contribution is -2.37. The number of anilines is 1. The molecule has 1 saturated heterocycles. The van der Waals surface area contributed by atoms with Gasteiger partial charge in [-0.15, -0.1) is 0 Å². The van der Waals surface area contributed by atoms with E-state index in [2.05, 4.69) is 21.3 Å². The van der Waals surface area contributed by atoms with Crippen LogP contribution in [-0.4, -0.2) is 44.3 Å². The van der Waals surface area contributed by atoms with Crippen LogP contribution in [0.15, 0.2) is 107 Å². The minimum Gasteiger partial charge on any atom is -0.466 e. The molecule has 2 aliphatic heterocycles. The molecular formula is C35H38N4O5. The van der Waals surface area contributed by atoms with Gasteiger partial charge in [0.25, 0.3) is 0 Å². The lowest BCUT2D eigenvalue weighted by Gasteiger charge is -2.33. The van der Waals surface area contributed by atoms with Gasteiger partial charge in [0.05, 0.1) is 24.2 Å². The van der Waals surface area contributed by atoms with Gasteiger partial charge in [-0.1, -0.05) is 72.8 Å². The van der Waals surface area contributed by atoms with Crippen LogP contribution in [0, 0.1) is 0 Å². The number of hydrogen-bond donors (Lipinski definition) is 4. The number of nitrogens with one attached hydrogen (secondary N) is 4. The van der Waals surface area contributed by atoms with Crippen LogP contribution in [0.4, 0.5) is 10.5 Å². The van der Waals surface area contributed by atoms with E-state index in [0.29, 0.717) is 46.8 Å². The molecule has 228 valence electrons. The molecule has 44 heavy (non-hydrogen) atoms. The first kappa shape index (κ1) is 30.6. The van der Waals surface area contributed by atoms with Gasteiger partial charge >= 0.3 is 18.0 Å². The molecule has 2 aliphatic rings. The summed E-state index contributed by atoms with van der Waals surface area (Å²) in [5.41, 5.74) is 5.25. The normalized spacial score (nSPS) is 17.0. The zero-order valence-electron chi connectivity index (χ0n) is 25.0. The summed E-state index contributed by atoms with van der Waals surface area (Å²) in [7, 11) is 1.34. The summed E-state index contributed by atoms with van der Waals surface area (Å²) in [4.78, 5) is 39.8. The number of methoxy groups -OCH3 is 1. The molecule has 3 aromatic carbocycles. The van der Waals surface area contributed by atoms with Crippen molar-refractivity contribution in [2.24, 2.45) is 0 Å². The van der Waals surface area contributed by atoms with Crippen molar-refractivity contribution in [2.45, 2.75) is 44.8 Å². The molecule has 5 rings (SSSR count). The Hall–Kier alpha value is -4.89. The van der Waals surface area contributed by atoms with Gasteiger partial charge in [-0.25, -0.2) is 14.4 Å². The SMILES string of the molecule is COC(=O)C1=C(Cc2ccccc2)NC(C)=C(C(=O)OC2CCNCC2)C1c1ccc(NC(=O)NCc2ccccc2)cc1. The number of carbonyl (C=O) groups is 3. The molecule has 3 aromatic rings. The van der Waals surface area contributed by atoms with Gasteiger partial charge in [0.2, 0.25) is 0 Å². The zero-order chi connectivity index (χ0) is 30.9. The van der Waals surface area contributed by atoms with Crippen LogP contribution in [-0.2, 0) is 32.0 Å². The fraction of sp³-hybridized carbons (Fsp3) is 0.286. The van der Waals surface area contributed by atoms with E-state index in [-0.39, 0.29) is 12.1 Å². The fourth-order valence-corrected chi connectivity index (χ4v) is 5.63. The molecule has 0 bridgehead atoms. The lowest BCUT2D eigenvalue weighted by atomic mass is 9.79.